The molecule has 18 heavy (non-hydrogen) atoms. The van der Waals surface area contributed by atoms with Gasteiger partial charge in [0, 0.05) is 6.92 Å². The molecule has 0 spiro atoms. The number of nitrogens with one attached hydrogen (secondary N) is 1. The number of hydrogen-bond donors (Lipinski definition) is 1. The van der Waals surface area contributed by atoms with Crippen LogP contribution in [0.2, 0.25) is 0 Å². The van der Waals surface area contributed by atoms with Gasteiger partial charge in [-0.05, 0) is 0 Å². The molecule has 1 amide bonds. The van der Waals surface area contributed by atoms with Crippen LogP contribution in [0.25, 0.3) is 0 Å². The number of nitro groups is 2. The summed E-state index contributed by atoms with van der Waals surface area (Å²) in [6.45, 7) is 1.20. The van der Waals surface area contributed by atoms with Crippen molar-refractivity contribution in [2.45, 2.75) is 6.92 Å². The summed E-state index contributed by atoms with van der Waals surface area (Å²) in [6.07, 6.45) is 0. The number of carbonyl (C=O) groups is 1. The maximum atomic E-state index is 10.9. The van der Waals surface area contributed by atoms with Crippen molar-refractivity contribution in [3.05, 3.63) is 32.4 Å². The van der Waals surface area contributed by atoms with E-state index in [2.05, 4.69) is 5.32 Å². The van der Waals surface area contributed by atoms with E-state index in [4.69, 9.17) is 4.74 Å². The highest BCUT2D eigenvalue weighted by atomic mass is 16.6. The minimum absolute atomic E-state index is 0.00213. The van der Waals surface area contributed by atoms with Crippen molar-refractivity contribution in [2.75, 3.05) is 12.4 Å². The molecule has 0 fully saturated rings. The highest BCUT2D eigenvalue weighted by molar-refractivity contribution is 5.91. The topological polar surface area (TPSA) is 125 Å². The van der Waals surface area contributed by atoms with Crippen molar-refractivity contribution in [1.82, 2.24) is 0 Å². The van der Waals surface area contributed by atoms with E-state index in [9.17, 15) is 25.0 Å². The Morgan fingerprint density at radius 2 is 1.72 bits per heavy atom. The summed E-state index contributed by atoms with van der Waals surface area (Å²) in [5.41, 5.74) is -1.42. The van der Waals surface area contributed by atoms with E-state index in [1.165, 1.54) is 14.0 Å². The molecular formula is C9H9N3O6. The summed E-state index contributed by atoms with van der Waals surface area (Å²) in [6, 6.07) is 1.78. The third kappa shape index (κ3) is 2.70. The number of carbonyl (C=O) groups excluding carboxylic acids is 1. The van der Waals surface area contributed by atoms with Gasteiger partial charge in [-0.15, -0.1) is 0 Å². The quantitative estimate of drug-likeness (QED) is 0.641. The van der Waals surface area contributed by atoms with Crippen LogP contribution in [0.4, 0.5) is 17.1 Å². The molecule has 0 aromatic heterocycles. The molecule has 1 aromatic rings. The van der Waals surface area contributed by atoms with Crippen molar-refractivity contribution >= 4 is 23.0 Å². The zero-order valence-electron chi connectivity index (χ0n) is 9.50. The van der Waals surface area contributed by atoms with Gasteiger partial charge in [-0.3, -0.25) is 25.0 Å². The van der Waals surface area contributed by atoms with Gasteiger partial charge in [0.05, 0.1) is 34.8 Å². The van der Waals surface area contributed by atoms with Crippen molar-refractivity contribution in [1.29, 1.82) is 0 Å². The number of benzene rings is 1. The lowest BCUT2D eigenvalue weighted by atomic mass is 10.2. The van der Waals surface area contributed by atoms with E-state index >= 15 is 0 Å². The molecule has 0 aliphatic heterocycles. The molecule has 0 saturated heterocycles. The van der Waals surface area contributed by atoms with Crippen LogP contribution in [-0.4, -0.2) is 22.9 Å². The van der Waals surface area contributed by atoms with Crippen LogP contribution >= 0.6 is 0 Å². The Labute approximate surface area is 101 Å². The Morgan fingerprint density at radius 3 is 2.11 bits per heavy atom. The molecule has 0 unspecified atom stereocenters. The fourth-order valence-electron chi connectivity index (χ4n) is 1.31. The first-order chi connectivity index (χ1) is 8.36. The Balaban J connectivity index is 3.45. The molecule has 0 aliphatic carbocycles. The minimum Gasteiger partial charge on any atom is -0.494 e. The van der Waals surface area contributed by atoms with Gasteiger partial charge in [0.25, 0.3) is 0 Å². The highest BCUT2D eigenvalue weighted by Crippen LogP contribution is 2.37. The molecule has 0 saturated carbocycles. The number of rotatable bonds is 4. The number of hydrogen-bond acceptors (Lipinski definition) is 6. The number of amides is 1. The van der Waals surface area contributed by atoms with Gasteiger partial charge >= 0.3 is 11.4 Å². The van der Waals surface area contributed by atoms with E-state index in [0.717, 1.165) is 12.1 Å². The number of nitro benzene ring substituents is 2. The van der Waals surface area contributed by atoms with Gasteiger partial charge in [0.2, 0.25) is 5.91 Å². The molecule has 0 bridgehead atoms. The lowest BCUT2D eigenvalue weighted by Crippen LogP contribution is -2.08. The van der Waals surface area contributed by atoms with Gasteiger partial charge < -0.3 is 10.1 Å². The van der Waals surface area contributed by atoms with E-state index in [0.29, 0.717) is 0 Å². The van der Waals surface area contributed by atoms with Crippen LogP contribution in [0.1, 0.15) is 6.92 Å². The third-order valence-corrected chi connectivity index (χ3v) is 2.00. The van der Waals surface area contributed by atoms with Crippen LogP contribution < -0.4 is 10.1 Å². The van der Waals surface area contributed by atoms with Crippen LogP contribution in [0.3, 0.4) is 0 Å². The summed E-state index contributed by atoms with van der Waals surface area (Å²) in [5.74, 6) is -0.501. The Morgan fingerprint density at radius 1 is 1.22 bits per heavy atom. The van der Waals surface area contributed by atoms with E-state index in [-0.39, 0.29) is 11.4 Å². The number of nitrogens with zero attached hydrogens (tertiary/aromatic N) is 2. The maximum absolute atomic E-state index is 10.9. The van der Waals surface area contributed by atoms with Gasteiger partial charge in [-0.1, -0.05) is 0 Å². The first-order valence-corrected chi connectivity index (χ1v) is 4.65. The van der Waals surface area contributed by atoms with Crippen LogP contribution in [-0.2, 0) is 4.79 Å². The smallest absolute Gasteiger partial charge is 0.349 e. The zero-order chi connectivity index (χ0) is 13.9. The normalized spacial score (nSPS) is 9.67. The molecule has 96 valence electrons. The second kappa shape index (κ2) is 5.08. The molecule has 1 rings (SSSR count). The molecule has 0 atom stereocenters. The van der Waals surface area contributed by atoms with Crippen LogP contribution in [0.5, 0.6) is 5.75 Å². The van der Waals surface area contributed by atoms with Gasteiger partial charge in [0.15, 0.2) is 0 Å². The van der Waals surface area contributed by atoms with Gasteiger partial charge in [-0.2, -0.15) is 0 Å². The molecule has 1 aromatic carbocycles. The van der Waals surface area contributed by atoms with Crippen molar-refractivity contribution in [3.8, 4) is 5.75 Å². The van der Waals surface area contributed by atoms with Gasteiger partial charge in [0.1, 0.15) is 5.75 Å². The van der Waals surface area contributed by atoms with E-state index < -0.39 is 27.1 Å². The predicted octanol–water partition coefficient (Wildman–Crippen LogP) is 1.47. The van der Waals surface area contributed by atoms with Crippen LogP contribution in [0.15, 0.2) is 12.1 Å². The second-order valence-electron chi connectivity index (χ2n) is 3.24. The molecule has 0 radical (unpaired) electrons. The lowest BCUT2D eigenvalue weighted by molar-refractivity contribution is -0.422. The lowest BCUT2D eigenvalue weighted by Gasteiger charge is -2.08. The summed E-state index contributed by atoms with van der Waals surface area (Å²) in [7, 11) is 1.23. The van der Waals surface area contributed by atoms with Crippen molar-refractivity contribution in [2.24, 2.45) is 0 Å². The Hall–Kier alpha value is -2.71. The molecule has 9 nitrogen and oxygen atoms in total. The maximum Gasteiger partial charge on any atom is 0.349 e. The predicted molar refractivity (Wildman–Crippen MR) is 60.6 cm³/mol. The Kier molecular flexibility index (Phi) is 3.77. The highest BCUT2D eigenvalue weighted by Gasteiger charge is 2.27. The van der Waals surface area contributed by atoms with Crippen molar-refractivity contribution < 1.29 is 19.4 Å². The monoisotopic (exact) mass is 255 g/mol. The fraction of sp³-hybridized carbons (Fsp3) is 0.222. The minimum atomic E-state index is -0.900. The second-order valence-corrected chi connectivity index (χ2v) is 3.24. The van der Waals surface area contributed by atoms with Crippen molar-refractivity contribution in [3.63, 3.8) is 0 Å². The number of ether oxygens (including phenoxy) is 1. The average molecular weight is 255 g/mol. The zero-order valence-corrected chi connectivity index (χ0v) is 9.50. The molecule has 1 N–H and O–H groups in total. The first-order valence-electron chi connectivity index (χ1n) is 4.65. The standard InChI is InChI=1S/C9H9N3O6/c1-5(13)10-6-3-7(11(14)15)8(12(16)17)4-9(6)18-2/h3-4H,1-2H3,(H,10,13). The summed E-state index contributed by atoms with van der Waals surface area (Å²) < 4.78 is 4.83. The first kappa shape index (κ1) is 13.4. The summed E-state index contributed by atoms with van der Waals surface area (Å²) >= 11 is 0. The fourth-order valence-corrected chi connectivity index (χ4v) is 1.31. The summed E-state index contributed by atoms with van der Waals surface area (Å²) in [5, 5.41) is 23.7. The average Bonchev–Trinajstić information content (AvgIpc) is 2.27. The van der Waals surface area contributed by atoms with Crippen LogP contribution in [0, 0.1) is 20.2 Å². The SMILES string of the molecule is COc1cc([N+](=O)[O-])c([N+](=O)[O-])cc1NC(C)=O. The summed E-state index contributed by atoms with van der Waals surface area (Å²) in [4.78, 5) is 30.5. The number of anilines is 1. The Bertz CT molecular complexity index is 527. The molecule has 0 heterocycles. The van der Waals surface area contributed by atoms with E-state index in [1.54, 1.807) is 0 Å². The number of methoxy groups -OCH3 is 1. The van der Waals surface area contributed by atoms with Gasteiger partial charge in [-0.25, -0.2) is 0 Å². The molecule has 9 heteroatoms. The third-order valence-electron chi connectivity index (χ3n) is 2.00. The molecular weight excluding hydrogens is 246 g/mol. The van der Waals surface area contributed by atoms with E-state index in [1.807, 2.05) is 0 Å². The molecule has 0 aliphatic rings. The largest absolute Gasteiger partial charge is 0.494 e.